The summed E-state index contributed by atoms with van der Waals surface area (Å²) in [7, 11) is 2.02. The van der Waals surface area contributed by atoms with E-state index in [1.165, 1.54) is 19.3 Å². The normalized spacial score (nSPS) is 13.9. The Morgan fingerprint density at radius 2 is 1.71 bits per heavy atom. The second kappa shape index (κ2) is 8.25. The van der Waals surface area contributed by atoms with E-state index in [2.05, 4.69) is 33.0 Å². The standard InChI is InChI=1S/C12H27NO/c1-6-11(7-2)8-12(13-5)9-14-10(3)4/h10-13H,6-9H2,1-5H3. The molecule has 2 nitrogen and oxygen atoms in total. The largest absolute Gasteiger partial charge is 0.377 e. The zero-order chi connectivity index (χ0) is 11.0. The minimum atomic E-state index is 0.340. The Balaban J connectivity index is 3.76. The molecule has 0 aliphatic carbocycles. The quantitative estimate of drug-likeness (QED) is 0.652. The molecule has 0 amide bonds. The van der Waals surface area contributed by atoms with E-state index in [4.69, 9.17) is 4.74 Å². The van der Waals surface area contributed by atoms with Crippen molar-refractivity contribution in [1.82, 2.24) is 5.32 Å². The summed E-state index contributed by atoms with van der Waals surface area (Å²) in [6, 6.07) is 0.516. The highest BCUT2D eigenvalue weighted by atomic mass is 16.5. The van der Waals surface area contributed by atoms with Crippen molar-refractivity contribution >= 4 is 0 Å². The minimum Gasteiger partial charge on any atom is -0.377 e. The van der Waals surface area contributed by atoms with Gasteiger partial charge in [0.1, 0.15) is 0 Å². The van der Waals surface area contributed by atoms with Gasteiger partial charge in [-0.05, 0) is 33.2 Å². The van der Waals surface area contributed by atoms with Crippen LogP contribution in [0.3, 0.4) is 0 Å². The summed E-state index contributed by atoms with van der Waals surface area (Å²) in [5.41, 5.74) is 0. The molecule has 0 rings (SSSR count). The number of rotatable bonds is 8. The van der Waals surface area contributed by atoms with E-state index in [0.29, 0.717) is 12.1 Å². The van der Waals surface area contributed by atoms with Crippen LogP contribution >= 0.6 is 0 Å². The third kappa shape index (κ3) is 6.39. The number of hydrogen-bond donors (Lipinski definition) is 1. The van der Waals surface area contributed by atoms with E-state index in [-0.39, 0.29) is 0 Å². The van der Waals surface area contributed by atoms with Crippen LogP contribution < -0.4 is 5.32 Å². The van der Waals surface area contributed by atoms with Crippen LogP contribution in [0.1, 0.15) is 47.0 Å². The molecule has 0 aliphatic heterocycles. The molecular formula is C12H27NO. The van der Waals surface area contributed by atoms with Gasteiger partial charge in [0.2, 0.25) is 0 Å². The lowest BCUT2D eigenvalue weighted by atomic mass is 9.95. The fourth-order valence-corrected chi connectivity index (χ4v) is 1.60. The molecule has 0 aliphatic rings. The van der Waals surface area contributed by atoms with Crippen LogP contribution in [0.2, 0.25) is 0 Å². The third-order valence-corrected chi connectivity index (χ3v) is 2.81. The summed E-state index contributed by atoms with van der Waals surface area (Å²) < 4.78 is 5.62. The van der Waals surface area contributed by atoms with Gasteiger partial charge < -0.3 is 10.1 Å². The van der Waals surface area contributed by atoms with Crippen molar-refractivity contribution < 1.29 is 4.74 Å². The predicted octanol–water partition coefficient (Wildman–Crippen LogP) is 2.83. The number of nitrogens with one attached hydrogen (secondary N) is 1. The summed E-state index contributed by atoms with van der Waals surface area (Å²) in [5, 5.41) is 3.33. The van der Waals surface area contributed by atoms with Crippen molar-refractivity contribution in [2.24, 2.45) is 5.92 Å². The fraction of sp³-hybridized carbons (Fsp3) is 1.00. The summed E-state index contributed by atoms with van der Waals surface area (Å²) in [5.74, 6) is 0.836. The zero-order valence-electron chi connectivity index (χ0n) is 10.5. The van der Waals surface area contributed by atoms with E-state index in [9.17, 15) is 0 Å². The molecule has 1 N–H and O–H groups in total. The highest BCUT2D eigenvalue weighted by molar-refractivity contribution is 4.69. The number of likely N-dealkylation sites (N-methyl/N-ethyl adjacent to an activating group) is 1. The first-order valence-corrected chi connectivity index (χ1v) is 5.92. The average molecular weight is 201 g/mol. The Morgan fingerprint density at radius 3 is 2.07 bits per heavy atom. The van der Waals surface area contributed by atoms with Crippen LogP contribution in [0.15, 0.2) is 0 Å². The highest BCUT2D eigenvalue weighted by Crippen LogP contribution is 2.15. The van der Waals surface area contributed by atoms with Crippen LogP contribution in [0.5, 0.6) is 0 Å². The van der Waals surface area contributed by atoms with Gasteiger partial charge in [0.25, 0.3) is 0 Å². The first-order chi connectivity index (χ1) is 6.63. The molecule has 0 spiro atoms. The second-order valence-corrected chi connectivity index (χ2v) is 4.29. The first-order valence-electron chi connectivity index (χ1n) is 5.92. The average Bonchev–Trinajstić information content (AvgIpc) is 2.18. The molecule has 14 heavy (non-hydrogen) atoms. The van der Waals surface area contributed by atoms with Gasteiger partial charge in [0, 0.05) is 6.04 Å². The van der Waals surface area contributed by atoms with E-state index < -0.39 is 0 Å². The minimum absolute atomic E-state index is 0.340. The van der Waals surface area contributed by atoms with E-state index in [0.717, 1.165) is 12.5 Å². The van der Waals surface area contributed by atoms with Crippen LogP contribution in [0.25, 0.3) is 0 Å². The SMILES string of the molecule is CCC(CC)CC(COC(C)C)NC. The van der Waals surface area contributed by atoms with Crippen LogP contribution in [-0.4, -0.2) is 25.8 Å². The Bertz CT molecular complexity index is 121. The van der Waals surface area contributed by atoms with Crippen molar-refractivity contribution in [3.8, 4) is 0 Å². The molecule has 0 aromatic heterocycles. The smallest absolute Gasteiger partial charge is 0.0623 e. The predicted molar refractivity (Wildman–Crippen MR) is 62.6 cm³/mol. The molecule has 0 saturated carbocycles. The molecule has 0 radical (unpaired) electrons. The molecule has 0 saturated heterocycles. The Hall–Kier alpha value is -0.0800. The molecule has 0 bridgehead atoms. The van der Waals surface area contributed by atoms with E-state index >= 15 is 0 Å². The first kappa shape index (κ1) is 13.9. The van der Waals surface area contributed by atoms with Crippen molar-refractivity contribution in [1.29, 1.82) is 0 Å². The van der Waals surface area contributed by atoms with Crippen molar-refractivity contribution in [2.45, 2.75) is 59.1 Å². The Morgan fingerprint density at radius 1 is 1.14 bits per heavy atom. The summed E-state index contributed by atoms with van der Waals surface area (Å²) in [6.07, 6.45) is 4.12. The van der Waals surface area contributed by atoms with Crippen molar-refractivity contribution in [2.75, 3.05) is 13.7 Å². The van der Waals surface area contributed by atoms with Gasteiger partial charge >= 0.3 is 0 Å². The summed E-state index contributed by atoms with van der Waals surface area (Å²) >= 11 is 0. The van der Waals surface area contributed by atoms with Crippen molar-refractivity contribution in [3.05, 3.63) is 0 Å². The maximum absolute atomic E-state index is 5.62. The maximum Gasteiger partial charge on any atom is 0.0623 e. The van der Waals surface area contributed by atoms with Gasteiger partial charge in [-0.3, -0.25) is 0 Å². The van der Waals surface area contributed by atoms with Crippen LogP contribution in [-0.2, 0) is 4.74 Å². The molecule has 1 unspecified atom stereocenters. The molecule has 86 valence electrons. The number of ether oxygens (including phenoxy) is 1. The highest BCUT2D eigenvalue weighted by Gasteiger charge is 2.12. The third-order valence-electron chi connectivity index (χ3n) is 2.81. The van der Waals surface area contributed by atoms with Gasteiger partial charge in [0.05, 0.1) is 12.7 Å². The van der Waals surface area contributed by atoms with Gasteiger partial charge in [-0.2, -0.15) is 0 Å². The maximum atomic E-state index is 5.62. The van der Waals surface area contributed by atoms with Gasteiger partial charge in [0.15, 0.2) is 0 Å². The van der Waals surface area contributed by atoms with E-state index in [1.807, 2.05) is 7.05 Å². The van der Waals surface area contributed by atoms with Gasteiger partial charge in [-0.15, -0.1) is 0 Å². The molecular weight excluding hydrogens is 174 g/mol. The van der Waals surface area contributed by atoms with Crippen LogP contribution in [0, 0.1) is 5.92 Å². The molecule has 0 heterocycles. The van der Waals surface area contributed by atoms with Gasteiger partial charge in [-0.1, -0.05) is 26.7 Å². The molecule has 1 atom stereocenters. The molecule has 0 aromatic rings. The van der Waals surface area contributed by atoms with Crippen molar-refractivity contribution in [3.63, 3.8) is 0 Å². The molecule has 0 aromatic carbocycles. The Kier molecular flexibility index (Phi) is 8.20. The van der Waals surface area contributed by atoms with Gasteiger partial charge in [-0.25, -0.2) is 0 Å². The van der Waals surface area contributed by atoms with E-state index in [1.54, 1.807) is 0 Å². The summed E-state index contributed by atoms with van der Waals surface area (Å²) in [6.45, 7) is 9.55. The number of hydrogen-bond acceptors (Lipinski definition) is 2. The monoisotopic (exact) mass is 201 g/mol. The Labute approximate surface area is 89.4 Å². The second-order valence-electron chi connectivity index (χ2n) is 4.29. The lowest BCUT2D eigenvalue weighted by molar-refractivity contribution is 0.0573. The lowest BCUT2D eigenvalue weighted by Crippen LogP contribution is -2.33. The fourth-order valence-electron chi connectivity index (χ4n) is 1.60. The molecule has 0 fully saturated rings. The zero-order valence-corrected chi connectivity index (χ0v) is 10.5. The topological polar surface area (TPSA) is 21.3 Å². The van der Waals surface area contributed by atoms with Crippen LogP contribution in [0.4, 0.5) is 0 Å². The molecule has 2 heteroatoms. The summed E-state index contributed by atoms with van der Waals surface area (Å²) in [4.78, 5) is 0. The lowest BCUT2D eigenvalue weighted by Gasteiger charge is -2.22.